The van der Waals surface area contributed by atoms with Crippen molar-refractivity contribution in [3.63, 3.8) is 0 Å². The molecule has 0 heterocycles. The van der Waals surface area contributed by atoms with Gasteiger partial charge in [-0.05, 0) is 57.8 Å². The van der Waals surface area contributed by atoms with Crippen molar-refractivity contribution >= 4 is 13.7 Å². The fraction of sp³-hybridized carbons (Fsp3) is 0.843. The molecule has 0 saturated heterocycles. The summed E-state index contributed by atoms with van der Waals surface area (Å²) in [6.45, 7) is 4.65. The molecule has 0 radical (unpaired) electrons. The maximum atomic E-state index is 13.1. The fourth-order valence-electron chi connectivity index (χ4n) is 10.2. The lowest BCUT2D eigenvalue weighted by atomic mass is 10.0. The normalized spacial score (nSPS) is 14.1. The van der Waals surface area contributed by atoms with Crippen LogP contribution in [0.4, 0.5) is 0 Å². The van der Waals surface area contributed by atoms with Crippen molar-refractivity contribution in [2.24, 2.45) is 0 Å². The first-order valence-electron chi connectivity index (χ1n) is 34.1. The van der Waals surface area contributed by atoms with E-state index in [-0.39, 0.29) is 19.1 Å². The number of aliphatic hydroxyl groups is 1. The van der Waals surface area contributed by atoms with Crippen molar-refractivity contribution in [1.29, 1.82) is 0 Å². The van der Waals surface area contributed by atoms with Crippen LogP contribution in [0.3, 0.4) is 0 Å². The number of carbonyl (C=O) groups is 1. The smallest absolute Gasteiger partial charge is 0.268 e. The number of quaternary nitrogens is 1. The number of nitrogens with one attached hydrogen (secondary N) is 1. The fourth-order valence-corrected chi connectivity index (χ4v) is 11.0. The molecule has 0 aliphatic carbocycles. The standard InChI is InChI=1S/C70H133N2O6P/c1-6-8-10-12-14-16-18-20-22-24-26-28-30-32-34-35-36-37-38-40-42-44-46-48-50-52-54-56-58-60-62-64-70(74)71-68(67-78-79(75,76)77-66-65-72(3,4)5)69(73)63-61-59-57-55-53-51-49-47-45-43-41-39-33-31-29-27-25-23-21-19-17-15-13-11-9-7-2/h8,10,14,16,20,22,26,28,32,34,68-69,73H,6-7,9,11-13,15,17-19,21,23-25,27,29-31,33,35-67H2,1-5H3,(H-,71,74,75,76)/b10-8-,16-14-,22-20-,28-26-,34-32-. The van der Waals surface area contributed by atoms with Gasteiger partial charge in [0, 0.05) is 6.42 Å². The van der Waals surface area contributed by atoms with Crippen LogP contribution in [0.25, 0.3) is 0 Å². The van der Waals surface area contributed by atoms with Gasteiger partial charge in [0.15, 0.2) is 0 Å². The topological polar surface area (TPSA) is 108 Å². The molecule has 0 aromatic carbocycles. The van der Waals surface area contributed by atoms with Gasteiger partial charge in [0.25, 0.3) is 7.82 Å². The lowest BCUT2D eigenvalue weighted by molar-refractivity contribution is -0.870. The second kappa shape index (κ2) is 60.8. The summed E-state index contributed by atoms with van der Waals surface area (Å²) in [4.78, 5) is 25.7. The van der Waals surface area contributed by atoms with Gasteiger partial charge < -0.3 is 28.8 Å². The lowest BCUT2D eigenvalue weighted by Gasteiger charge is -2.30. The number of nitrogens with zero attached hydrogens (tertiary/aromatic N) is 1. The molecule has 8 nitrogen and oxygen atoms in total. The van der Waals surface area contributed by atoms with Crippen LogP contribution >= 0.6 is 7.82 Å². The first-order valence-corrected chi connectivity index (χ1v) is 35.6. The van der Waals surface area contributed by atoms with Gasteiger partial charge in [-0.25, -0.2) is 0 Å². The van der Waals surface area contributed by atoms with Gasteiger partial charge in [-0.2, -0.15) is 0 Å². The molecule has 0 rings (SSSR count). The molecule has 2 N–H and O–H groups in total. The van der Waals surface area contributed by atoms with Gasteiger partial charge >= 0.3 is 0 Å². The minimum absolute atomic E-state index is 0.0120. The quantitative estimate of drug-likeness (QED) is 0.0272. The SMILES string of the molecule is CC/C=C\C/C=C\C/C=C\C/C=C\C/C=C\CCCCCCCCCCCCCCCCCC(=O)NC(COP(=O)([O-])OCC[N+](C)(C)C)C(O)CCCCCCCCCCCCCCCCCCCCCCCCCCCC. The summed E-state index contributed by atoms with van der Waals surface area (Å²) in [5, 5.41) is 14.1. The van der Waals surface area contributed by atoms with Crippen LogP contribution in [-0.2, 0) is 18.4 Å². The van der Waals surface area contributed by atoms with E-state index in [0.717, 1.165) is 70.6 Å². The first-order chi connectivity index (χ1) is 38.5. The minimum atomic E-state index is -4.58. The van der Waals surface area contributed by atoms with Gasteiger partial charge in [0.05, 0.1) is 39.9 Å². The van der Waals surface area contributed by atoms with Crippen molar-refractivity contribution in [2.45, 2.75) is 341 Å². The number of rotatable bonds is 63. The van der Waals surface area contributed by atoms with Crippen LogP contribution in [0.15, 0.2) is 60.8 Å². The minimum Gasteiger partial charge on any atom is -0.756 e. The Bertz CT molecular complexity index is 1470. The third kappa shape index (κ3) is 63.6. The maximum Gasteiger partial charge on any atom is 0.268 e. The van der Waals surface area contributed by atoms with Crippen LogP contribution in [0.1, 0.15) is 328 Å². The number of hydrogen-bond acceptors (Lipinski definition) is 6. The Morgan fingerprint density at radius 2 is 0.772 bits per heavy atom. The number of aliphatic hydroxyl groups excluding tert-OH is 1. The molecule has 0 saturated carbocycles. The number of allylic oxidation sites excluding steroid dienone is 10. The Balaban J connectivity index is 4.05. The molecule has 0 aromatic rings. The van der Waals surface area contributed by atoms with Crippen molar-refractivity contribution < 1.29 is 32.9 Å². The van der Waals surface area contributed by atoms with Crippen molar-refractivity contribution in [3.8, 4) is 0 Å². The summed E-state index contributed by atoms with van der Waals surface area (Å²) in [5.41, 5.74) is 0. The molecule has 79 heavy (non-hydrogen) atoms. The molecule has 0 aliphatic heterocycles. The van der Waals surface area contributed by atoms with E-state index in [4.69, 9.17) is 9.05 Å². The number of amides is 1. The maximum absolute atomic E-state index is 13.1. The predicted octanol–water partition coefficient (Wildman–Crippen LogP) is 21.0. The Kier molecular flexibility index (Phi) is 59.4. The Hall–Kier alpha value is -1.80. The second-order valence-electron chi connectivity index (χ2n) is 24.5. The number of carbonyl (C=O) groups excluding carboxylic acids is 1. The van der Waals surface area contributed by atoms with E-state index in [1.807, 2.05) is 21.1 Å². The molecule has 0 aliphatic rings. The first kappa shape index (κ1) is 77.2. The molecule has 9 heteroatoms. The highest BCUT2D eigenvalue weighted by Crippen LogP contribution is 2.38. The van der Waals surface area contributed by atoms with Crippen LogP contribution in [-0.4, -0.2) is 68.5 Å². The summed E-state index contributed by atoms with van der Waals surface area (Å²) in [5.74, 6) is -0.161. The number of likely N-dealkylation sites (N-methyl/N-ethyl adjacent to an activating group) is 1. The summed E-state index contributed by atoms with van der Waals surface area (Å²) in [6, 6.07) is -0.804. The molecule has 0 bridgehead atoms. The van der Waals surface area contributed by atoms with Crippen LogP contribution in [0.5, 0.6) is 0 Å². The zero-order chi connectivity index (χ0) is 57.7. The number of phosphoric acid groups is 1. The zero-order valence-corrected chi connectivity index (χ0v) is 54.0. The van der Waals surface area contributed by atoms with Gasteiger partial charge in [-0.3, -0.25) is 9.36 Å². The van der Waals surface area contributed by atoms with E-state index in [1.54, 1.807) is 0 Å². The van der Waals surface area contributed by atoms with Gasteiger partial charge in [0.2, 0.25) is 5.91 Å². The molecule has 464 valence electrons. The van der Waals surface area contributed by atoms with Crippen molar-refractivity contribution in [3.05, 3.63) is 60.8 Å². The van der Waals surface area contributed by atoms with Gasteiger partial charge in [0.1, 0.15) is 13.2 Å². The Morgan fingerprint density at radius 1 is 0.456 bits per heavy atom. The van der Waals surface area contributed by atoms with Gasteiger partial charge in [-0.15, -0.1) is 0 Å². The average molecular weight is 1130 g/mol. The zero-order valence-electron chi connectivity index (χ0n) is 53.1. The Morgan fingerprint density at radius 3 is 1.13 bits per heavy atom. The van der Waals surface area contributed by atoms with Crippen LogP contribution in [0.2, 0.25) is 0 Å². The molecule has 0 aromatic heterocycles. The third-order valence-electron chi connectivity index (χ3n) is 15.5. The highest BCUT2D eigenvalue weighted by Gasteiger charge is 2.24. The van der Waals surface area contributed by atoms with E-state index in [0.29, 0.717) is 23.9 Å². The predicted molar refractivity (Wildman–Crippen MR) is 344 cm³/mol. The molecule has 0 fully saturated rings. The van der Waals surface area contributed by atoms with Crippen molar-refractivity contribution in [2.75, 3.05) is 40.9 Å². The van der Waals surface area contributed by atoms with Crippen LogP contribution in [0, 0.1) is 0 Å². The summed E-state index contributed by atoms with van der Waals surface area (Å²) in [6.07, 6.45) is 82.8. The highest BCUT2D eigenvalue weighted by molar-refractivity contribution is 7.45. The number of phosphoric ester groups is 1. The van der Waals surface area contributed by atoms with E-state index >= 15 is 0 Å². The van der Waals surface area contributed by atoms with Gasteiger partial charge in [-0.1, -0.05) is 325 Å². The largest absolute Gasteiger partial charge is 0.756 e. The summed E-state index contributed by atoms with van der Waals surface area (Å²) in [7, 11) is 1.31. The van der Waals surface area contributed by atoms with E-state index < -0.39 is 20.0 Å². The molecular formula is C70H133N2O6P. The highest BCUT2D eigenvalue weighted by atomic mass is 31.2. The number of hydrogen-bond donors (Lipinski definition) is 2. The number of unbranched alkanes of at least 4 members (excludes halogenated alkanes) is 40. The molecule has 0 spiro atoms. The average Bonchev–Trinajstić information content (AvgIpc) is 3.42. The van der Waals surface area contributed by atoms with E-state index in [9.17, 15) is 19.4 Å². The molecule has 1 amide bonds. The molecule has 3 unspecified atom stereocenters. The van der Waals surface area contributed by atoms with E-state index in [2.05, 4.69) is 79.9 Å². The lowest BCUT2D eigenvalue weighted by Crippen LogP contribution is -2.46. The third-order valence-corrected chi connectivity index (χ3v) is 16.5. The van der Waals surface area contributed by atoms with Crippen molar-refractivity contribution in [1.82, 2.24) is 5.32 Å². The summed E-state index contributed by atoms with van der Waals surface area (Å²) >= 11 is 0. The Labute approximate surface area is 492 Å². The van der Waals surface area contributed by atoms with E-state index in [1.165, 1.54) is 231 Å². The molecular weight excluding hydrogens is 996 g/mol. The second-order valence-corrected chi connectivity index (χ2v) is 25.9. The summed E-state index contributed by atoms with van der Waals surface area (Å²) < 4.78 is 23.5. The molecule has 3 atom stereocenters. The van der Waals surface area contributed by atoms with Crippen LogP contribution < -0.4 is 10.2 Å². The monoisotopic (exact) mass is 1130 g/mol.